The van der Waals surface area contributed by atoms with Crippen molar-refractivity contribution in [2.24, 2.45) is 0 Å². The minimum Gasteiger partial charge on any atom is -0.394 e. The quantitative estimate of drug-likeness (QED) is 0.141. The lowest BCUT2D eigenvalue weighted by Crippen LogP contribution is -2.67. The van der Waals surface area contributed by atoms with Crippen LogP contribution in [-0.2, 0) is 28.5 Å². The van der Waals surface area contributed by atoms with E-state index in [2.05, 4.69) is 12.2 Å². The number of hydrogen-bond donors (Lipinski definition) is 6. The van der Waals surface area contributed by atoms with Gasteiger partial charge in [-0.25, -0.2) is 0 Å². The van der Waals surface area contributed by atoms with Gasteiger partial charge in [-0.15, -0.1) is 0 Å². The monoisotopic (exact) mass is 537 g/mol. The van der Waals surface area contributed by atoms with Crippen molar-refractivity contribution < 1.29 is 54.0 Å². The Morgan fingerprint density at radius 3 is 2.14 bits per heavy atom. The fraction of sp³-hybridized carbons (Fsp3) is 0.960. The van der Waals surface area contributed by atoms with Gasteiger partial charge in [0.1, 0.15) is 48.8 Å². The number of nitrogens with one attached hydrogen (secondary N) is 1. The molecule has 0 aromatic carbocycles. The van der Waals surface area contributed by atoms with E-state index >= 15 is 0 Å². The van der Waals surface area contributed by atoms with Crippen LogP contribution in [0.4, 0.5) is 0 Å². The fourth-order valence-corrected chi connectivity index (χ4v) is 4.51. The lowest BCUT2D eigenvalue weighted by atomic mass is 9.95. The highest BCUT2D eigenvalue weighted by Gasteiger charge is 2.51. The average molecular weight is 538 g/mol. The van der Waals surface area contributed by atoms with Gasteiger partial charge in [0.2, 0.25) is 5.91 Å². The van der Waals surface area contributed by atoms with E-state index in [4.69, 9.17) is 23.7 Å². The number of carbonyl (C=O) groups is 1. The minimum atomic E-state index is -1.52. The molecule has 2 rings (SSSR count). The van der Waals surface area contributed by atoms with Crippen molar-refractivity contribution in [1.82, 2.24) is 5.32 Å². The van der Waals surface area contributed by atoms with Crippen molar-refractivity contribution in [1.29, 1.82) is 0 Å². The highest BCUT2D eigenvalue weighted by molar-refractivity contribution is 5.73. The van der Waals surface area contributed by atoms with Crippen LogP contribution in [0, 0.1) is 0 Å². The molecule has 37 heavy (non-hydrogen) atoms. The molecule has 6 N–H and O–H groups in total. The SMILES string of the molecule is CCCCCCCCO[C@@H]1O[C@H](COCCC)[C@H](O[C@@H]2O[C@H](CO)[C@H](O)[C@H](O)[C@H]2NC(C)=O)[C@H](O)[C@H]1O. The molecule has 0 radical (unpaired) electrons. The van der Waals surface area contributed by atoms with Crippen molar-refractivity contribution in [3.05, 3.63) is 0 Å². The summed E-state index contributed by atoms with van der Waals surface area (Å²) < 4.78 is 28.9. The molecular formula is C25H47NO11. The van der Waals surface area contributed by atoms with Gasteiger partial charge in [0.15, 0.2) is 12.6 Å². The Labute approximate surface area is 219 Å². The van der Waals surface area contributed by atoms with Gasteiger partial charge in [-0.3, -0.25) is 4.79 Å². The molecule has 0 bridgehead atoms. The van der Waals surface area contributed by atoms with Crippen LogP contribution in [0.15, 0.2) is 0 Å². The van der Waals surface area contributed by atoms with E-state index in [1.165, 1.54) is 26.2 Å². The third kappa shape index (κ3) is 9.64. The third-order valence-corrected chi connectivity index (χ3v) is 6.59. The topological polar surface area (TPSA) is 176 Å². The molecule has 0 saturated carbocycles. The number of aliphatic hydroxyl groups is 5. The van der Waals surface area contributed by atoms with E-state index in [0.717, 1.165) is 25.7 Å². The predicted octanol–water partition coefficient (Wildman–Crippen LogP) is -0.434. The largest absolute Gasteiger partial charge is 0.394 e. The van der Waals surface area contributed by atoms with Crippen LogP contribution >= 0.6 is 0 Å². The van der Waals surface area contributed by atoms with Gasteiger partial charge < -0.3 is 54.5 Å². The molecule has 0 unspecified atom stereocenters. The van der Waals surface area contributed by atoms with Crippen LogP contribution in [0.25, 0.3) is 0 Å². The summed E-state index contributed by atoms with van der Waals surface area (Å²) in [4.78, 5) is 11.7. The molecule has 0 spiro atoms. The number of aliphatic hydroxyl groups excluding tert-OH is 5. The number of hydrogen-bond acceptors (Lipinski definition) is 11. The molecule has 12 heteroatoms. The average Bonchev–Trinajstić information content (AvgIpc) is 2.87. The minimum absolute atomic E-state index is 0.0191. The van der Waals surface area contributed by atoms with E-state index < -0.39 is 73.9 Å². The summed E-state index contributed by atoms with van der Waals surface area (Å²) in [6.07, 6.45) is -4.50. The van der Waals surface area contributed by atoms with Crippen LogP contribution in [0.3, 0.4) is 0 Å². The van der Waals surface area contributed by atoms with Crippen LogP contribution in [0.1, 0.15) is 65.7 Å². The van der Waals surface area contributed by atoms with E-state index in [9.17, 15) is 30.3 Å². The van der Waals surface area contributed by atoms with Crippen molar-refractivity contribution in [3.8, 4) is 0 Å². The molecule has 12 nitrogen and oxygen atoms in total. The summed E-state index contributed by atoms with van der Waals surface area (Å²) in [7, 11) is 0. The molecule has 0 aliphatic carbocycles. The third-order valence-electron chi connectivity index (χ3n) is 6.59. The Morgan fingerprint density at radius 2 is 1.49 bits per heavy atom. The zero-order valence-electron chi connectivity index (χ0n) is 22.2. The molecule has 0 aromatic heterocycles. The summed E-state index contributed by atoms with van der Waals surface area (Å²) >= 11 is 0. The molecule has 2 heterocycles. The zero-order chi connectivity index (χ0) is 27.4. The lowest BCUT2D eigenvalue weighted by molar-refractivity contribution is -0.348. The lowest BCUT2D eigenvalue weighted by Gasteiger charge is -2.47. The Kier molecular flexibility index (Phi) is 14.8. The molecular weight excluding hydrogens is 490 g/mol. The van der Waals surface area contributed by atoms with Gasteiger partial charge in [-0.2, -0.15) is 0 Å². The molecule has 2 aliphatic rings. The van der Waals surface area contributed by atoms with Crippen LogP contribution in [0.5, 0.6) is 0 Å². The fourth-order valence-electron chi connectivity index (χ4n) is 4.51. The molecule has 2 aliphatic heterocycles. The van der Waals surface area contributed by atoms with E-state index in [1.54, 1.807) is 0 Å². The Bertz CT molecular complexity index is 642. The Hall–Kier alpha value is -0.930. The first kappa shape index (κ1) is 32.3. The number of amides is 1. The van der Waals surface area contributed by atoms with Gasteiger partial charge in [0.05, 0.1) is 13.2 Å². The van der Waals surface area contributed by atoms with Gasteiger partial charge in [-0.05, 0) is 12.8 Å². The Balaban J connectivity index is 2.09. The molecule has 2 fully saturated rings. The van der Waals surface area contributed by atoms with Crippen molar-refractivity contribution in [2.75, 3.05) is 26.4 Å². The maximum atomic E-state index is 11.7. The molecule has 10 atom stereocenters. The standard InChI is InChI=1S/C25H47NO11/c1-4-6-7-8-9-10-12-34-25-22(32)21(31)23(17(36-25)14-33-11-5-2)37-24-18(26-15(3)28)20(30)19(29)16(13-27)35-24/h16-25,27,29-32H,4-14H2,1-3H3,(H,26,28)/t16-,17-,18-,19+,20-,21-,22-,23+,24+,25-/m1/s1. The van der Waals surface area contributed by atoms with Gasteiger partial charge >= 0.3 is 0 Å². The van der Waals surface area contributed by atoms with E-state index in [-0.39, 0.29) is 6.61 Å². The molecule has 218 valence electrons. The first-order chi connectivity index (χ1) is 17.7. The van der Waals surface area contributed by atoms with Crippen LogP contribution < -0.4 is 5.32 Å². The second kappa shape index (κ2) is 16.9. The normalized spacial score (nSPS) is 36.4. The summed E-state index contributed by atoms with van der Waals surface area (Å²) in [5.41, 5.74) is 0. The van der Waals surface area contributed by atoms with Crippen molar-refractivity contribution in [2.45, 2.75) is 127 Å². The molecule has 1 amide bonds. The van der Waals surface area contributed by atoms with E-state index in [1.807, 2.05) is 6.92 Å². The van der Waals surface area contributed by atoms with Crippen molar-refractivity contribution in [3.63, 3.8) is 0 Å². The number of unbranched alkanes of at least 4 members (excludes halogenated alkanes) is 5. The Morgan fingerprint density at radius 1 is 0.811 bits per heavy atom. The first-order valence-corrected chi connectivity index (χ1v) is 13.5. The summed E-state index contributed by atoms with van der Waals surface area (Å²) in [6, 6.07) is -1.21. The van der Waals surface area contributed by atoms with Crippen molar-refractivity contribution >= 4 is 5.91 Å². The smallest absolute Gasteiger partial charge is 0.217 e. The number of ether oxygens (including phenoxy) is 5. The summed E-state index contributed by atoms with van der Waals surface area (Å²) in [6.45, 7) is 5.51. The maximum Gasteiger partial charge on any atom is 0.217 e. The molecule has 0 aromatic rings. The highest BCUT2D eigenvalue weighted by atomic mass is 16.7. The first-order valence-electron chi connectivity index (χ1n) is 13.5. The second-order valence-corrected chi connectivity index (χ2v) is 9.77. The van der Waals surface area contributed by atoms with Gasteiger partial charge in [0, 0.05) is 20.1 Å². The van der Waals surface area contributed by atoms with Crippen LogP contribution in [-0.4, -0.2) is 119 Å². The van der Waals surface area contributed by atoms with Gasteiger partial charge in [-0.1, -0.05) is 46.0 Å². The summed E-state index contributed by atoms with van der Waals surface area (Å²) in [5, 5.41) is 54.6. The van der Waals surface area contributed by atoms with Gasteiger partial charge in [0.25, 0.3) is 0 Å². The van der Waals surface area contributed by atoms with E-state index in [0.29, 0.717) is 13.2 Å². The second-order valence-electron chi connectivity index (χ2n) is 9.77. The van der Waals surface area contributed by atoms with Crippen LogP contribution in [0.2, 0.25) is 0 Å². The predicted molar refractivity (Wildman–Crippen MR) is 131 cm³/mol. The summed E-state index contributed by atoms with van der Waals surface area (Å²) in [5.74, 6) is -0.512. The molecule has 2 saturated heterocycles. The number of carbonyl (C=O) groups excluding carboxylic acids is 1. The maximum absolute atomic E-state index is 11.7. The zero-order valence-corrected chi connectivity index (χ0v) is 22.2. The number of rotatable bonds is 16. The highest BCUT2D eigenvalue weighted by Crippen LogP contribution is 2.30.